The molecule has 0 amide bonds. The third-order valence-electron chi connectivity index (χ3n) is 7.39. The Bertz CT molecular complexity index is 1930. The van der Waals surface area contributed by atoms with Crippen molar-refractivity contribution < 1.29 is 4.39 Å². The summed E-state index contributed by atoms with van der Waals surface area (Å²) in [6.07, 6.45) is 2.25. The van der Waals surface area contributed by atoms with Crippen LogP contribution in [0.3, 0.4) is 0 Å². The summed E-state index contributed by atoms with van der Waals surface area (Å²) in [5.41, 5.74) is 16.3. The van der Waals surface area contributed by atoms with Crippen molar-refractivity contribution in [2.45, 2.75) is 0 Å². The normalized spacial score (nSPS) is 12.5. The first-order valence-electron chi connectivity index (χ1n) is 14.5. The summed E-state index contributed by atoms with van der Waals surface area (Å²) >= 11 is 0. The summed E-state index contributed by atoms with van der Waals surface area (Å²) in [5.74, 6) is -0.00312. The summed E-state index contributed by atoms with van der Waals surface area (Å²) < 4.78 is 13.7. The fourth-order valence-electron chi connectivity index (χ4n) is 5.31. The average Bonchev–Trinajstić information content (AvgIpc) is 3.09. The molecule has 0 atom stereocenters. The third kappa shape index (κ3) is 6.48. The minimum atomic E-state index is -0.317. The van der Waals surface area contributed by atoms with E-state index in [0.717, 1.165) is 44.5 Å². The molecule has 0 aliphatic carbocycles. The van der Waals surface area contributed by atoms with Crippen LogP contribution in [0.2, 0.25) is 0 Å². The number of halogens is 1. The van der Waals surface area contributed by atoms with Crippen LogP contribution in [0.1, 0.15) is 33.4 Å². The highest BCUT2D eigenvalue weighted by atomic mass is 19.1. The van der Waals surface area contributed by atoms with E-state index in [1.165, 1.54) is 12.1 Å². The lowest BCUT2D eigenvalue weighted by Crippen LogP contribution is -2.13. The van der Waals surface area contributed by atoms with Crippen molar-refractivity contribution in [3.05, 3.63) is 209 Å². The Balaban J connectivity index is 1.71. The van der Waals surface area contributed by atoms with Crippen molar-refractivity contribution in [2.24, 2.45) is 10.7 Å². The van der Waals surface area contributed by atoms with Crippen LogP contribution in [0.25, 0.3) is 22.8 Å². The van der Waals surface area contributed by atoms with Gasteiger partial charge in [0.1, 0.15) is 11.7 Å². The fraction of sp³-hybridized carbons (Fsp3) is 0. The summed E-state index contributed by atoms with van der Waals surface area (Å²) in [7, 11) is 0. The van der Waals surface area contributed by atoms with Crippen molar-refractivity contribution >= 4 is 34.3 Å². The van der Waals surface area contributed by atoms with Gasteiger partial charge in [0.25, 0.3) is 0 Å². The average molecular weight is 571 g/mol. The Kier molecular flexibility index (Phi) is 8.66. The smallest absolute Gasteiger partial charge is 0.131 e. The van der Waals surface area contributed by atoms with E-state index in [2.05, 4.69) is 109 Å². The Labute approximate surface area is 258 Å². The molecule has 6 rings (SSSR count). The van der Waals surface area contributed by atoms with Gasteiger partial charge in [-0.3, -0.25) is 0 Å². The van der Waals surface area contributed by atoms with Crippen LogP contribution in [0.5, 0.6) is 0 Å². The van der Waals surface area contributed by atoms with Gasteiger partial charge in [-0.05, 0) is 75.4 Å². The van der Waals surface area contributed by atoms with E-state index in [1.807, 2.05) is 42.5 Å². The Morgan fingerprint density at radius 1 is 0.500 bits per heavy atom. The van der Waals surface area contributed by atoms with E-state index in [-0.39, 0.29) is 5.82 Å². The van der Waals surface area contributed by atoms with E-state index in [1.54, 1.807) is 12.1 Å². The van der Waals surface area contributed by atoms with E-state index >= 15 is 0 Å². The first-order valence-corrected chi connectivity index (χ1v) is 14.5. The quantitative estimate of drug-likeness (QED) is 0.0841. The van der Waals surface area contributed by atoms with Crippen molar-refractivity contribution in [1.82, 2.24) is 0 Å². The van der Waals surface area contributed by atoms with E-state index < -0.39 is 0 Å². The fourth-order valence-corrected chi connectivity index (χ4v) is 5.31. The molecule has 0 fully saturated rings. The van der Waals surface area contributed by atoms with Gasteiger partial charge in [0.05, 0.1) is 5.69 Å². The van der Waals surface area contributed by atoms with Crippen LogP contribution in [-0.4, -0.2) is 5.84 Å². The molecule has 0 heterocycles. The Hall–Kier alpha value is -5.80. The second kappa shape index (κ2) is 13.5. The molecule has 0 radical (unpaired) electrons. The van der Waals surface area contributed by atoms with E-state index in [4.69, 9.17) is 10.7 Å². The van der Waals surface area contributed by atoms with Crippen LogP contribution in [-0.2, 0) is 0 Å². The number of para-hydroxylation sites is 1. The maximum Gasteiger partial charge on any atom is 0.131 e. The summed E-state index contributed by atoms with van der Waals surface area (Å²) in [6, 6.07) is 55.9. The highest BCUT2D eigenvalue weighted by Crippen LogP contribution is 2.44. The number of hydrogen-bond donors (Lipinski definition) is 1. The number of benzene rings is 6. The molecule has 0 aliphatic heterocycles. The van der Waals surface area contributed by atoms with Gasteiger partial charge in [-0.25, -0.2) is 9.38 Å². The van der Waals surface area contributed by atoms with Crippen molar-refractivity contribution in [1.29, 1.82) is 0 Å². The minimum Gasteiger partial charge on any atom is -0.383 e. The number of amidine groups is 1. The molecule has 0 spiro atoms. The van der Waals surface area contributed by atoms with Gasteiger partial charge in [-0.1, -0.05) is 140 Å². The van der Waals surface area contributed by atoms with Crippen LogP contribution >= 0.6 is 0 Å². The monoisotopic (exact) mass is 570 g/mol. The molecule has 212 valence electrons. The van der Waals surface area contributed by atoms with Crippen LogP contribution in [0, 0.1) is 5.82 Å². The first kappa shape index (κ1) is 28.3. The van der Waals surface area contributed by atoms with Gasteiger partial charge in [-0.2, -0.15) is 0 Å². The Morgan fingerprint density at radius 2 is 1.00 bits per heavy atom. The topological polar surface area (TPSA) is 38.4 Å². The highest BCUT2D eigenvalue weighted by molar-refractivity contribution is 6.22. The molecule has 0 aliphatic rings. The SMILES string of the molecule is NC(=Nc1ccccc1/C(=C(/C(=Cc1ccccc1)c1ccccc1)c1ccccc1)c1ccccc1)c1ccc(F)cc1. The molecule has 6 aromatic carbocycles. The second-order valence-electron chi connectivity index (χ2n) is 10.3. The lowest BCUT2D eigenvalue weighted by molar-refractivity contribution is 0.628. The first-order chi connectivity index (χ1) is 21.7. The second-order valence-corrected chi connectivity index (χ2v) is 10.3. The van der Waals surface area contributed by atoms with Crippen molar-refractivity contribution in [3.8, 4) is 0 Å². The number of aliphatic imine (C=N–C) groups is 1. The molecule has 0 saturated carbocycles. The molecule has 44 heavy (non-hydrogen) atoms. The molecule has 6 aromatic rings. The van der Waals surface area contributed by atoms with Gasteiger partial charge >= 0.3 is 0 Å². The van der Waals surface area contributed by atoms with Gasteiger partial charge < -0.3 is 5.73 Å². The largest absolute Gasteiger partial charge is 0.383 e. The summed E-state index contributed by atoms with van der Waals surface area (Å²) in [5, 5.41) is 0. The zero-order valence-electron chi connectivity index (χ0n) is 24.1. The molecular formula is C41H31FN2. The summed E-state index contributed by atoms with van der Waals surface area (Å²) in [4.78, 5) is 4.92. The molecule has 2 nitrogen and oxygen atoms in total. The number of rotatable bonds is 8. The number of nitrogens with two attached hydrogens (primary N) is 1. The molecule has 2 N–H and O–H groups in total. The number of hydrogen-bond acceptors (Lipinski definition) is 1. The van der Waals surface area contributed by atoms with Gasteiger partial charge in [0, 0.05) is 11.1 Å². The van der Waals surface area contributed by atoms with Gasteiger partial charge in [0.15, 0.2) is 0 Å². The maximum absolute atomic E-state index is 13.7. The Morgan fingerprint density at radius 3 is 1.61 bits per heavy atom. The van der Waals surface area contributed by atoms with E-state index in [0.29, 0.717) is 17.1 Å². The zero-order chi connectivity index (χ0) is 30.1. The van der Waals surface area contributed by atoms with E-state index in [9.17, 15) is 4.39 Å². The maximum atomic E-state index is 13.7. The predicted octanol–water partition coefficient (Wildman–Crippen LogP) is 10.1. The van der Waals surface area contributed by atoms with Crippen LogP contribution in [0.4, 0.5) is 10.1 Å². The molecule has 0 unspecified atom stereocenters. The van der Waals surface area contributed by atoms with Crippen LogP contribution in [0.15, 0.2) is 175 Å². The molecule has 0 saturated heterocycles. The molecule has 0 bridgehead atoms. The third-order valence-corrected chi connectivity index (χ3v) is 7.39. The predicted molar refractivity (Wildman–Crippen MR) is 183 cm³/mol. The highest BCUT2D eigenvalue weighted by Gasteiger charge is 2.21. The minimum absolute atomic E-state index is 0.314. The lowest BCUT2D eigenvalue weighted by atomic mass is 9.82. The molecule has 3 heteroatoms. The molecular weight excluding hydrogens is 539 g/mol. The standard InChI is InChI=1S/C41H31FN2/c42-35-27-25-34(26-28-35)41(43)44-38-24-14-13-23-36(38)39(32-19-9-3-10-20-32)40(33-21-11-4-12-22-33)37(31-17-7-2-8-18-31)29-30-15-5-1-6-16-30/h1-29H,(H2,43,44)/b37-29?,40-39+. The summed E-state index contributed by atoms with van der Waals surface area (Å²) in [6.45, 7) is 0. The van der Waals surface area contributed by atoms with Crippen molar-refractivity contribution in [2.75, 3.05) is 0 Å². The van der Waals surface area contributed by atoms with Crippen LogP contribution < -0.4 is 5.73 Å². The van der Waals surface area contributed by atoms with Crippen molar-refractivity contribution in [3.63, 3.8) is 0 Å². The number of nitrogens with zero attached hydrogens (tertiary/aromatic N) is 1. The number of allylic oxidation sites excluding steroid dienone is 2. The van der Waals surface area contributed by atoms with Gasteiger partial charge in [-0.15, -0.1) is 0 Å². The van der Waals surface area contributed by atoms with Gasteiger partial charge in [0.2, 0.25) is 0 Å². The lowest BCUT2D eigenvalue weighted by Gasteiger charge is -2.22. The molecule has 0 aromatic heterocycles. The zero-order valence-corrected chi connectivity index (χ0v) is 24.1.